The van der Waals surface area contributed by atoms with Crippen LogP contribution in [0.2, 0.25) is 0 Å². The van der Waals surface area contributed by atoms with E-state index >= 15 is 0 Å². The molecule has 164 valence electrons. The molecule has 4 rings (SSSR count). The summed E-state index contributed by atoms with van der Waals surface area (Å²) in [6.45, 7) is 6.12. The standard InChI is InChI=1S/C28H36N2O/c1-23-12-14-27(15-13-23)31-21-7-18-30-19-16-26(17-20-30)28(22-29,25-10-5-6-11-25)24-8-3-2-4-9-24/h2-4,8-9,12-15,25-26H,5-7,10-11,16-21H2,1H3. The SMILES string of the molecule is Cc1ccc(OCCCN2CCC(C(C#N)(c3ccccc3)C3CCCC3)CC2)cc1. The molecule has 2 aromatic rings. The number of nitriles is 1. The van der Waals surface area contributed by atoms with Gasteiger partial charge in [-0.1, -0.05) is 60.9 Å². The third kappa shape index (κ3) is 4.96. The van der Waals surface area contributed by atoms with E-state index in [1.807, 2.05) is 0 Å². The van der Waals surface area contributed by atoms with E-state index in [9.17, 15) is 5.26 Å². The van der Waals surface area contributed by atoms with Gasteiger partial charge in [0.25, 0.3) is 0 Å². The maximum Gasteiger partial charge on any atom is 0.119 e. The summed E-state index contributed by atoms with van der Waals surface area (Å²) in [6, 6.07) is 21.9. The molecule has 31 heavy (non-hydrogen) atoms. The number of ether oxygens (including phenoxy) is 1. The fourth-order valence-corrected chi connectivity index (χ4v) is 5.87. The number of hydrogen-bond donors (Lipinski definition) is 0. The van der Waals surface area contributed by atoms with Gasteiger partial charge >= 0.3 is 0 Å². The molecule has 1 atom stereocenters. The van der Waals surface area contributed by atoms with Crippen molar-refractivity contribution in [2.75, 3.05) is 26.2 Å². The molecule has 3 heteroatoms. The summed E-state index contributed by atoms with van der Waals surface area (Å²) in [5.41, 5.74) is 2.21. The first kappa shape index (κ1) is 21.9. The van der Waals surface area contributed by atoms with E-state index in [0.717, 1.165) is 51.3 Å². The molecule has 1 saturated carbocycles. The number of aryl methyl sites for hydroxylation is 1. The lowest BCUT2D eigenvalue weighted by Crippen LogP contribution is -2.46. The van der Waals surface area contributed by atoms with Crippen LogP contribution in [0, 0.1) is 30.1 Å². The Bertz CT molecular complexity index is 843. The van der Waals surface area contributed by atoms with Gasteiger partial charge in [0.2, 0.25) is 0 Å². The molecule has 2 aromatic carbocycles. The quantitative estimate of drug-likeness (QED) is 0.486. The van der Waals surface area contributed by atoms with Crippen LogP contribution in [0.15, 0.2) is 54.6 Å². The summed E-state index contributed by atoms with van der Waals surface area (Å²) in [5, 5.41) is 10.5. The molecule has 0 aromatic heterocycles. The second-order valence-corrected chi connectivity index (χ2v) is 9.46. The predicted molar refractivity (Wildman–Crippen MR) is 126 cm³/mol. The Kier molecular flexibility index (Phi) is 7.30. The lowest BCUT2D eigenvalue weighted by Gasteiger charge is -2.44. The van der Waals surface area contributed by atoms with Gasteiger partial charge in [-0.2, -0.15) is 5.26 Å². The van der Waals surface area contributed by atoms with Crippen LogP contribution >= 0.6 is 0 Å². The number of hydrogen-bond acceptors (Lipinski definition) is 3. The summed E-state index contributed by atoms with van der Waals surface area (Å²) < 4.78 is 5.90. The van der Waals surface area contributed by atoms with Gasteiger partial charge in [-0.05, 0) is 81.6 Å². The Morgan fingerprint density at radius 2 is 1.58 bits per heavy atom. The number of rotatable bonds is 8. The fraction of sp³-hybridized carbons (Fsp3) is 0.536. The lowest BCUT2D eigenvalue weighted by atomic mass is 9.60. The van der Waals surface area contributed by atoms with Crippen molar-refractivity contribution in [1.82, 2.24) is 4.90 Å². The van der Waals surface area contributed by atoms with Crippen LogP contribution in [0.25, 0.3) is 0 Å². The average Bonchev–Trinajstić information content (AvgIpc) is 3.36. The summed E-state index contributed by atoms with van der Waals surface area (Å²) in [6.07, 6.45) is 8.26. The largest absolute Gasteiger partial charge is 0.494 e. The average molecular weight is 417 g/mol. The van der Waals surface area contributed by atoms with E-state index in [1.54, 1.807) is 0 Å². The first-order valence-electron chi connectivity index (χ1n) is 12.1. The molecule has 0 bridgehead atoms. The van der Waals surface area contributed by atoms with Crippen molar-refractivity contribution in [3.63, 3.8) is 0 Å². The molecule has 1 saturated heterocycles. The minimum absolute atomic E-state index is 0.307. The van der Waals surface area contributed by atoms with Crippen molar-refractivity contribution in [3.8, 4) is 11.8 Å². The van der Waals surface area contributed by atoms with E-state index in [0.29, 0.717) is 11.8 Å². The molecule has 3 nitrogen and oxygen atoms in total. The predicted octanol–water partition coefficient (Wildman–Crippen LogP) is 6.13. The highest BCUT2D eigenvalue weighted by Gasteiger charge is 2.48. The van der Waals surface area contributed by atoms with Gasteiger partial charge in [-0.3, -0.25) is 0 Å². The van der Waals surface area contributed by atoms with Crippen LogP contribution < -0.4 is 4.74 Å². The van der Waals surface area contributed by atoms with E-state index in [1.165, 1.54) is 36.8 Å². The van der Waals surface area contributed by atoms with Crippen molar-refractivity contribution in [2.45, 2.75) is 57.3 Å². The van der Waals surface area contributed by atoms with Crippen LogP contribution in [0.1, 0.15) is 56.1 Å². The van der Waals surface area contributed by atoms with Crippen LogP contribution in [-0.2, 0) is 5.41 Å². The number of nitrogens with zero attached hydrogens (tertiary/aromatic N) is 2. The highest BCUT2D eigenvalue weighted by atomic mass is 16.5. The molecule has 2 fully saturated rings. The lowest BCUT2D eigenvalue weighted by molar-refractivity contribution is 0.114. The Morgan fingerprint density at radius 3 is 2.23 bits per heavy atom. The molecule has 0 radical (unpaired) electrons. The van der Waals surface area contributed by atoms with E-state index in [2.05, 4.69) is 72.5 Å². The van der Waals surface area contributed by atoms with Gasteiger partial charge in [0, 0.05) is 6.54 Å². The first-order chi connectivity index (χ1) is 15.2. The maximum absolute atomic E-state index is 10.5. The van der Waals surface area contributed by atoms with Crippen molar-refractivity contribution in [1.29, 1.82) is 5.26 Å². The van der Waals surface area contributed by atoms with E-state index in [4.69, 9.17) is 4.74 Å². The molecule has 1 aliphatic carbocycles. The number of piperidine rings is 1. The Balaban J connectivity index is 1.32. The van der Waals surface area contributed by atoms with Crippen LogP contribution in [0.5, 0.6) is 5.75 Å². The van der Waals surface area contributed by atoms with Crippen molar-refractivity contribution in [2.24, 2.45) is 11.8 Å². The summed E-state index contributed by atoms with van der Waals surface area (Å²) in [7, 11) is 0. The van der Waals surface area contributed by atoms with E-state index in [-0.39, 0.29) is 5.41 Å². The molecular formula is C28H36N2O. The molecule has 1 unspecified atom stereocenters. The van der Waals surface area contributed by atoms with Gasteiger partial charge in [0.15, 0.2) is 0 Å². The Morgan fingerprint density at radius 1 is 0.935 bits per heavy atom. The number of benzene rings is 2. The van der Waals surface area contributed by atoms with Gasteiger partial charge in [0.1, 0.15) is 5.75 Å². The third-order valence-corrected chi connectivity index (χ3v) is 7.58. The maximum atomic E-state index is 10.5. The zero-order valence-electron chi connectivity index (χ0n) is 18.9. The van der Waals surface area contributed by atoms with Crippen molar-refractivity contribution >= 4 is 0 Å². The molecule has 1 aliphatic heterocycles. The van der Waals surface area contributed by atoms with Crippen molar-refractivity contribution < 1.29 is 4.74 Å². The third-order valence-electron chi connectivity index (χ3n) is 7.58. The minimum Gasteiger partial charge on any atom is -0.494 e. The summed E-state index contributed by atoms with van der Waals surface area (Å²) in [4.78, 5) is 2.57. The normalized spacial score (nSPS) is 20.3. The van der Waals surface area contributed by atoms with Crippen LogP contribution in [0.3, 0.4) is 0 Å². The molecule has 1 heterocycles. The Labute approximate surface area is 188 Å². The second kappa shape index (κ2) is 10.3. The Hall–Kier alpha value is -2.31. The smallest absolute Gasteiger partial charge is 0.119 e. The van der Waals surface area contributed by atoms with Crippen LogP contribution in [0.4, 0.5) is 0 Å². The summed E-state index contributed by atoms with van der Waals surface area (Å²) in [5.74, 6) is 1.94. The zero-order valence-corrected chi connectivity index (χ0v) is 18.9. The highest BCUT2D eigenvalue weighted by molar-refractivity contribution is 5.36. The van der Waals surface area contributed by atoms with Gasteiger partial charge in [-0.15, -0.1) is 0 Å². The summed E-state index contributed by atoms with van der Waals surface area (Å²) >= 11 is 0. The molecule has 2 aliphatic rings. The molecular weight excluding hydrogens is 380 g/mol. The van der Waals surface area contributed by atoms with Crippen LogP contribution in [-0.4, -0.2) is 31.1 Å². The monoisotopic (exact) mass is 416 g/mol. The van der Waals surface area contributed by atoms with E-state index < -0.39 is 0 Å². The minimum atomic E-state index is -0.307. The van der Waals surface area contributed by atoms with Crippen molar-refractivity contribution in [3.05, 3.63) is 65.7 Å². The van der Waals surface area contributed by atoms with Gasteiger partial charge in [-0.25, -0.2) is 0 Å². The second-order valence-electron chi connectivity index (χ2n) is 9.46. The zero-order chi connectivity index (χ0) is 21.5. The molecule has 0 spiro atoms. The highest BCUT2D eigenvalue weighted by Crippen LogP contribution is 2.49. The molecule has 0 N–H and O–H groups in total. The topological polar surface area (TPSA) is 36.3 Å². The fourth-order valence-electron chi connectivity index (χ4n) is 5.87. The number of likely N-dealkylation sites (tertiary alicyclic amines) is 1. The molecule has 0 amide bonds. The first-order valence-corrected chi connectivity index (χ1v) is 12.1. The van der Waals surface area contributed by atoms with Gasteiger partial charge in [0.05, 0.1) is 18.1 Å². The van der Waals surface area contributed by atoms with Gasteiger partial charge < -0.3 is 9.64 Å².